The second-order valence-corrected chi connectivity index (χ2v) is 4.86. The largest absolute Gasteiger partial charge is 0.450 e. The SMILES string of the molecule is CNC(=O)COC(=O)c1oc2ccc(Br)cc2c1C. The van der Waals surface area contributed by atoms with Gasteiger partial charge in [-0.2, -0.15) is 0 Å². The van der Waals surface area contributed by atoms with Gasteiger partial charge >= 0.3 is 5.97 Å². The molecule has 1 aromatic heterocycles. The summed E-state index contributed by atoms with van der Waals surface area (Å²) >= 11 is 3.36. The number of hydrogen-bond acceptors (Lipinski definition) is 4. The van der Waals surface area contributed by atoms with Crippen LogP contribution in [0.25, 0.3) is 11.0 Å². The highest BCUT2D eigenvalue weighted by Crippen LogP contribution is 2.28. The van der Waals surface area contributed by atoms with Crippen molar-refractivity contribution in [2.75, 3.05) is 13.7 Å². The van der Waals surface area contributed by atoms with Gasteiger partial charge in [-0.25, -0.2) is 4.79 Å². The van der Waals surface area contributed by atoms with Crippen molar-refractivity contribution in [1.82, 2.24) is 5.32 Å². The van der Waals surface area contributed by atoms with E-state index in [0.717, 1.165) is 9.86 Å². The molecular formula is C13H12BrNO4. The average molecular weight is 326 g/mol. The first-order chi connectivity index (χ1) is 9.02. The summed E-state index contributed by atoms with van der Waals surface area (Å²) in [4.78, 5) is 22.9. The van der Waals surface area contributed by atoms with Crippen LogP contribution in [0.2, 0.25) is 0 Å². The highest BCUT2D eigenvalue weighted by Gasteiger charge is 2.19. The summed E-state index contributed by atoms with van der Waals surface area (Å²) in [5, 5.41) is 3.20. The molecule has 6 heteroatoms. The Kier molecular flexibility index (Phi) is 3.90. The van der Waals surface area contributed by atoms with Crippen LogP contribution in [-0.2, 0) is 9.53 Å². The number of amides is 1. The quantitative estimate of drug-likeness (QED) is 0.880. The van der Waals surface area contributed by atoms with Crippen LogP contribution in [0.1, 0.15) is 16.1 Å². The van der Waals surface area contributed by atoms with Crippen LogP contribution < -0.4 is 5.32 Å². The summed E-state index contributed by atoms with van der Waals surface area (Å²) in [7, 11) is 1.47. The maximum atomic E-state index is 11.8. The van der Waals surface area contributed by atoms with Crippen LogP contribution in [-0.4, -0.2) is 25.5 Å². The Morgan fingerprint density at radius 2 is 2.16 bits per heavy atom. The number of carbonyl (C=O) groups excluding carboxylic acids is 2. The van der Waals surface area contributed by atoms with E-state index in [-0.39, 0.29) is 18.3 Å². The van der Waals surface area contributed by atoms with Gasteiger partial charge in [0.25, 0.3) is 5.91 Å². The minimum absolute atomic E-state index is 0.122. The number of esters is 1. The van der Waals surface area contributed by atoms with E-state index in [2.05, 4.69) is 21.2 Å². The standard InChI is InChI=1S/C13H12BrNO4/c1-7-9-5-8(14)3-4-10(9)19-12(7)13(17)18-6-11(16)15-2/h3-5H,6H2,1-2H3,(H,15,16). The number of nitrogens with one attached hydrogen (secondary N) is 1. The summed E-state index contributed by atoms with van der Waals surface area (Å²) in [6.45, 7) is 1.45. The Morgan fingerprint density at radius 1 is 1.42 bits per heavy atom. The van der Waals surface area contributed by atoms with Crippen molar-refractivity contribution < 1.29 is 18.7 Å². The maximum Gasteiger partial charge on any atom is 0.375 e. The van der Waals surface area contributed by atoms with Crippen molar-refractivity contribution in [3.8, 4) is 0 Å². The summed E-state index contributed by atoms with van der Waals surface area (Å²) in [6.07, 6.45) is 0. The molecule has 0 fully saturated rings. The number of halogens is 1. The van der Waals surface area contributed by atoms with E-state index in [1.807, 2.05) is 12.1 Å². The first-order valence-electron chi connectivity index (χ1n) is 5.59. The number of ether oxygens (including phenoxy) is 1. The summed E-state index contributed by atoms with van der Waals surface area (Å²) in [5.41, 5.74) is 1.30. The van der Waals surface area contributed by atoms with Crippen molar-refractivity contribution in [3.05, 3.63) is 34.0 Å². The Morgan fingerprint density at radius 3 is 2.84 bits per heavy atom. The molecule has 0 radical (unpaired) electrons. The van der Waals surface area contributed by atoms with Gasteiger partial charge in [0.15, 0.2) is 6.61 Å². The second kappa shape index (κ2) is 5.44. The predicted octanol–water partition coefficient (Wildman–Crippen LogP) is 2.41. The molecule has 2 rings (SSSR count). The average Bonchev–Trinajstić information content (AvgIpc) is 2.73. The number of aryl methyl sites for hydroxylation is 1. The molecule has 2 aromatic rings. The van der Waals surface area contributed by atoms with E-state index >= 15 is 0 Å². The molecule has 0 spiro atoms. The molecule has 1 aromatic carbocycles. The first-order valence-corrected chi connectivity index (χ1v) is 6.38. The molecule has 19 heavy (non-hydrogen) atoms. The van der Waals surface area contributed by atoms with Gasteiger partial charge in [-0.1, -0.05) is 15.9 Å². The first kappa shape index (κ1) is 13.6. The lowest BCUT2D eigenvalue weighted by Crippen LogP contribution is -2.25. The van der Waals surface area contributed by atoms with Gasteiger partial charge < -0.3 is 14.5 Å². The monoisotopic (exact) mass is 325 g/mol. The third-order valence-corrected chi connectivity index (χ3v) is 3.19. The minimum Gasteiger partial charge on any atom is -0.450 e. The molecule has 100 valence electrons. The number of likely N-dealkylation sites (N-methyl/N-ethyl adjacent to an activating group) is 1. The minimum atomic E-state index is -0.645. The predicted molar refractivity (Wildman–Crippen MR) is 73.0 cm³/mol. The van der Waals surface area contributed by atoms with Gasteiger partial charge in [0.2, 0.25) is 5.76 Å². The Balaban J connectivity index is 2.27. The van der Waals surface area contributed by atoms with E-state index in [0.29, 0.717) is 11.1 Å². The maximum absolute atomic E-state index is 11.8. The van der Waals surface area contributed by atoms with E-state index in [1.54, 1.807) is 13.0 Å². The van der Waals surface area contributed by atoms with Crippen LogP contribution in [0.4, 0.5) is 0 Å². The van der Waals surface area contributed by atoms with Gasteiger partial charge in [0.05, 0.1) is 0 Å². The summed E-state index contributed by atoms with van der Waals surface area (Å²) in [5.74, 6) is -0.893. The molecule has 1 amide bonds. The third kappa shape index (κ3) is 2.78. The fraction of sp³-hybridized carbons (Fsp3) is 0.231. The molecule has 5 nitrogen and oxygen atoms in total. The van der Waals surface area contributed by atoms with Crippen LogP contribution in [0.5, 0.6) is 0 Å². The zero-order chi connectivity index (χ0) is 14.0. The molecule has 1 N–H and O–H groups in total. The van der Waals surface area contributed by atoms with Crippen molar-refractivity contribution >= 4 is 38.8 Å². The van der Waals surface area contributed by atoms with Crippen LogP contribution >= 0.6 is 15.9 Å². The molecule has 0 aliphatic carbocycles. The number of carbonyl (C=O) groups is 2. The van der Waals surface area contributed by atoms with Gasteiger partial charge in [0, 0.05) is 22.5 Å². The zero-order valence-electron chi connectivity index (χ0n) is 10.5. The van der Waals surface area contributed by atoms with Crippen molar-refractivity contribution in [2.45, 2.75) is 6.92 Å². The number of furan rings is 1. The molecule has 0 aliphatic heterocycles. The summed E-state index contributed by atoms with van der Waals surface area (Å²) in [6, 6.07) is 5.45. The Hall–Kier alpha value is -1.82. The highest BCUT2D eigenvalue weighted by molar-refractivity contribution is 9.10. The topological polar surface area (TPSA) is 68.5 Å². The molecule has 0 saturated heterocycles. The molecule has 1 heterocycles. The van der Waals surface area contributed by atoms with E-state index in [9.17, 15) is 9.59 Å². The van der Waals surface area contributed by atoms with Gasteiger partial charge in [-0.15, -0.1) is 0 Å². The van der Waals surface area contributed by atoms with Gasteiger partial charge in [-0.3, -0.25) is 4.79 Å². The fourth-order valence-electron chi connectivity index (χ4n) is 1.66. The van der Waals surface area contributed by atoms with Crippen molar-refractivity contribution in [2.24, 2.45) is 0 Å². The highest BCUT2D eigenvalue weighted by atomic mass is 79.9. The lowest BCUT2D eigenvalue weighted by molar-refractivity contribution is -0.123. The number of fused-ring (bicyclic) bond motifs is 1. The van der Waals surface area contributed by atoms with Gasteiger partial charge in [0.1, 0.15) is 5.58 Å². The van der Waals surface area contributed by atoms with Crippen LogP contribution in [0.15, 0.2) is 27.1 Å². The van der Waals surface area contributed by atoms with Crippen LogP contribution in [0.3, 0.4) is 0 Å². The molecule has 0 bridgehead atoms. The number of hydrogen-bond donors (Lipinski definition) is 1. The van der Waals surface area contributed by atoms with Crippen molar-refractivity contribution in [1.29, 1.82) is 0 Å². The second-order valence-electron chi connectivity index (χ2n) is 3.95. The lowest BCUT2D eigenvalue weighted by atomic mass is 10.1. The third-order valence-electron chi connectivity index (χ3n) is 2.70. The Labute approximate surface area is 118 Å². The van der Waals surface area contributed by atoms with E-state index < -0.39 is 5.97 Å². The van der Waals surface area contributed by atoms with E-state index in [1.165, 1.54) is 7.05 Å². The fourth-order valence-corrected chi connectivity index (χ4v) is 2.02. The molecule has 0 unspecified atom stereocenters. The number of rotatable bonds is 3. The zero-order valence-corrected chi connectivity index (χ0v) is 12.0. The summed E-state index contributed by atoms with van der Waals surface area (Å²) < 4.78 is 11.2. The van der Waals surface area contributed by atoms with E-state index in [4.69, 9.17) is 9.15 Å². The molecule has 0 saturated carbocycles. The number of benzene rings is 1. The smallest absolute Gasteiger partial charge is 0.375 e. The van der Waals surface area contributed by atoms with Crippen molar-refractivity contribution in [3.63, 3.8) is 0 Å². The van der Waals surface area contributed by atoms with Gasteiger partial charge in [-0.05, 0) is 25.1 Å². The normalized spacial score (nSPS) is 10.5. The lowest BCUT2D eigenvalue weighted by Gasteiger charge is -2.01. The van der Waals surface area contributed by atoms with Crippen LogP contribution in [0, 0.1) is 6.92 Å². The molecule has 0 aliphatic rings. The molecular weight excluding hydrogens is 314 g/mol. The molecule has 0 atom stereocenters. The Bertz CT molecular complexity index is 647.